The van der Waals surface area contributed by atoms with Crippen molar-refractivity contribution >= 4 is 6.03 Å². The maximum atomic E-state index is 13.6. The van der Waals surface area contributed by atoms with Crippen LogP contribution < -0.4 is 10.6 Å². The van der Waals surface area contributed by atoms with E-state index in [0.717, 1.165) is 18.6 Å². The third-order valence-electron chi connectivity index (χ3n) is 3.34. The summed E-state index contributed by atoms with van der Waals surface area (Å²) in [5.74, 6) is -1.37. The largest absolute Gasteiger partial charge is 0.394 e. The molecule has 0 heterocycles. The van der Waals surface area contributed by atoms with Gasteiger partial charge in [0.15, 0.2) is 0 Å². The Hall–Kier alpha value is -1.69. The van der Waals surface area contributed by atoms with E-state index in [0.29, 0.717) is 6.42 Å². The van der Waals surface area contributed by atoms with Crippen molar-refractivity contribution in [3.8, 4) is 0 Å². The number of amides is 2. The highest BCUT2D eigenvalue weighted by atomic mass is 19.1. The third-order valence-corrected chi connectivity index (χ3v) is 3.34. The number of benzene rings is 1. The first-order valence-electron chi connectivity index (χ1n) is 6.96. The number of urea groups is 1. The molecule has 0 radical (unpaired) electrons. The fourth-order valence-electron chi connectivity index (χ4n) is 2.17. The molecule has 4 nitrogen and oxygen atoms in total. The van der Waals surface area contributed by atoms with Crippen LogP contribution in [0.1, 0.15) is 45.2 Å². The highest BCUT2D eigenvalue weighted by molar-refractivity contribution is 5.75. The maximum absolute atomic E-state index is 13.6. The summed E-state index contributed by atoms with van der Waals surface area (Å²) in [5.41, 5.74) is -0.521. The molecular weight excluding hydrogens is 278 g/mol. The van der Waals surface area contributed by atoms with Crippen molar-refractivity contribution < 1.29 is 18.7 Å². The highest BCUT2D eigenvalue weighted by Crippen LogP contribution is 2.18. The fraction of sp³-hybridized carbons (Fsp3) is 0.533. The molecule has 3 N–H and O–H groups in total. The lowest BCUT2D eigenvalue weighted by atomic mass is 9.97. The molecule has 2 atom stereocenters. The molecule has 0 aliphatic carbocycles. The minimum atomic E-state index is -0.722. The summed E-state index contributed by atoms with van der Waals surface area (Å²) in [4.78, 5) is 11.9. The van der Waals surface area contributed by atoms with E-state index in [4.69, 9.17) is 0 Å². The Labute approximate surface area is 123 Å². The molecule has 0 saturated carbocycles. The van der Waals surface area contributed by atoms with Crippen molar-refractivity contribution in [1.29, 1.82) is 0 Å². The van der Waals surface area contributed by atoms with Gasteiger partial charge in [-0.2, -0.15) is 0 Å². The van der Waals surface area contributed by atoms with Crippen molar-refractivity contribution in [2.75, 3.05) is 6.61 Å². The molecule has 118 valence electrons. The number of rotatable bonds is 6. The summed E-state index contributed by atoms with van der Waals surface area (Å²) in [5, 5.41) is 14.6. The van der Waals surface area contributed by atoms with Gasteiger partial charge in [-0.05, 0) is 26.3 Å². The number of aliphatic hydroxyl groups is 1. The van der Waals surface area contributed by atoms with Crippen molar-refractivity contribution in [2.45, 2.75) is 45.2 Å². The predicted octanol–water partition coefficient (Wildman–Crippen LogP) is 2.88. The molecule has 2 unspecified atom stereocenters. The second kappa shape index (κ2) is 7.36. The number of carbonyl (C=O) groups excluding carboxylic acids is 1. The summed E-state index contributed by atoms with van der Waals surface area (Å²) in [6.45, 7) is 5.10. The van der Waals surface area contributed by atoms with Gasteiger partial charge in [0.1, 0.15) is 11.6 Å². The number of halogens is 2. The van der Waals surface area contributed by atoms with E-state index in [1.165, 1.54) is 6.07 Å². The van der Waals surface area contributed by atoms with Gasteiger partial charge in [-0.3, -0.25) is 0 Å². The topological polar surface area (TPSA) is 61.4 Å². The lowest BCUT2D eigenvalue weighted by Gasteiger charge is -2.29. The van der Waals surface area contributed by atoms with Crippen LogP contribution in [-0.2, 0) is 0 Å². The van der Waals surface area contributed by atoms with Crippen molar-refractivity contribution in [1.82, 2.24) is 10.6 Å². The number of hydrogen-bond acceptors (Lipinski definition) is 2. The summed E-state index contributed by atoms with van der Waals surface area (Å²) in [6, 6.07) is 2.10. The molecule has 0 bridgehead atoms. The van der Waals surface area contributed by atoms with Crippen molar-refractivity contribution in [3.05, 3.63) is 35.4 Å². The van der Waals surface area contributed by atoms with Crippen LogP contribution in [0.5, 0.6) is 0 Å². The van der Waals surface area contributed by atoms with Crippen LogP contribution in [0.3, 0.4) is 0 Å². The van der Waals surface area contributed by atoms with Gasteiger partial charge in [-0.1, -0.05) is 19.4 Å². The fourth-order valence-corrected chi connectivity index (χ4v) is 2.17. The van der Waals surface area contributed by atoms with Gasteiger partial charge in [0, 0.05) is 11.6 Å². The zero-order chi connectivity index (χ0) is 16.0. The first-order chi connectivity index (χ1) is 9.81. The first kappa shape index (κ1) is 17.4. The average molecular weight is 300 g/mol. The minimum Gasteiger partial charge on any atom is -0.394 e. The van der Waals surface area contributed by atoms with Gasteiger partial charge in [0.05, 0.1) is 18.2 Å². The van der Waals surface area contributed by atoms with E-state index < -0.39 is 29.2 Å². The average Bonchev–Trinajstić information content (AvgIpc) is 2.38. The van der Waals surface area contributed by atoms with Crippen LogP contribution in [0.25, 0.3) is 0 Å². The number of carbonyl (C=O) groups is 1. The number of nitrogens with one attached hydrogen (secondary N) is 2. The molecule has 21 heavy (non-hydrogen) atoms. The molecular formula is C15H22F2N2O2. The SMILES string of the molecule is CCCC(C)(CO)NC(=O)NC(C)c1ccc(F)cc1F. The van der Waals surface area contributed by atoms with E-state index >= 15 is 0 Å². The monoisotopic (exact) mass is 300 g/mol. The Morgan fingerprint density at radius 1 is 1.43 bits per heavy atom. The summed E-state index contributed by atoms with van der Waals surface area (Å²) < 4.78 is 26.5. The Bertz CT molecular complexity index is 497. The van der Waals surface area contributed by atoms with E-state index in [2.05, 4.69) is 10.6 Å². The normalized spacial score (nSPS) is 15.1. The molecule has 1 aromatic carbocycles. The van der Waals surface area contributed by atoms with E-state index in [9.17, 15) is 18.7 Å². The van der Waals surface area contributed by atoms with Crippen LogP contribution in [0.15, 0.2) is 18.2 Å². The second-order valence-electron chi connectivity index (χ2n) is 5.45. The lowest BCUT2D eigenvalue weighted by Crippen LogP contribution is -2.52. The van der Waals surface area contributed by atoms with E-state index in [1.807, 2.05) is 6.92 Å². The summed E-state index contributed by atoms with van der Waals surface area (Å²) >= 11 is 0. The Morgan fingerprint density at radius 2 is 2.10 bits per heavy atom. The van der Waals surface area contributed by atoms with Crippen LogP contribution in [0, 0.1) is 11.6 Å². The molecule has 0 spiro atoms. The van der Waals surface area contributed by atoms with Crippen molar-refractivity contribution in [3.63, 3.8) is 0 Å². The van der Waals surface area contributed by atoms with E-state index in [-0.39, 0.29) is 12.2 Å². The summed E-state index contributed by atoms with van der Waals surface area (Å²) in [6.07, 6.45) is 1.43. The number of aliphatic hydroxyl groups excluding tert-OH is 1. The number of hydrogen-bond donors (Lipinski definition) is 3. The molecule has 1 aromatic rings. The second-order valence-corrected chi connectivity index (χ2v) is 5.45. The minimum absolute atomic E-state index is 0.187. The first-order valence-corrected chi connectivity index (χ1v) is 6.96. The van der Waals surface area contributed by atoms with Crippen molar-refractivity contribution in [2.24, 2.45) is 0 Å². The molecule has 0 fully saturated rings. The lowest BCUT2D eigenvalue weighted by molar-refractivity contribution is 0.162. The Morgan fingerprint density at radius 3 is 2.62 bits per heavy atom. The van der Waals surface area contributed by atoms with Crippen LogP contribution in [0.4, 0.5) is 13.6 Å². The van der Waals surface area contributed by atoms with Crippen LogP contribution in [0.2, 0.25) is 0 Å². The van der Waals surface area contributed by atoms with Gasteiger partial charge in [-0.15, -0.1) is 0 Å². The molecule has 6 heteroatoms. The van der Waals surface area contributed by atoms with Gasteiger partial charge in [0.2, 0.25) is 0 Å². The molecule has 0 saturated heterocycles. The molecule has 0 aliphatic heterocycles. The third kappa shape index (κ3) is 4.97. The molecule has 1 rings (SSSR count). The standard InChI is InChI=1S/C15H22F2N2O2/c1-4-7-15(3,9-20)19-14(21)18-10(2)12-6-5-11(16)8-13(12)17/h5-6,8,10,20H,4,7,9H2,1-3H3,(H2,18,19,21). The quantitative estimate of drug-likeness (QED) is 0.756. The molecule has 0 aromatic heterocycles. The Balaban J connectivity index is 2.69. The maximum Gasteiger partial charge on any atom is 0.315 e. The summed E-state index contributed by atoms with van der Waals surface area (Å²) in [7, 11) is 0. The molecule has 0 aliphatic rings. The zero-order valence-corrected chi connectivity index (χ0v) is 12.5. The smallest absolute Gasteiger partial charge is 0.315 e. The zero-order valence-electron chi connectivity index (χ0n) is 12.5. The van der Waals surface area contributed by atoms with Gasteiger partial charge < -0.3 is 15.7 Å². The van der Waals surface area contributed by atoms with Gasteiger partial charge in [-0.25, -0.2) is 13.6 Å². The van der Waals surface area contributed by atoms with Gasteiger partial charge in [0.25, 0.3) is 0 Å². The molecule has 2 amide bonds. The predicted molar refractivity (Wildman–Crippen MR) is 76.8 cm³/mol. The van der Waals surface area contributed by atoms with Crippen LogP contribution >= 0.6 is 0 Å². The van der Waals surface area contributed by atoms with Gasteiger partial charge >= 0.3 is 6.03 Å². The van der Waals surface area contributed by atoms with Crippen LogP contribution in [-0.4, -0.2) is 23.3 Å². The van der Waals surface area contributed by atoms with E-state index in [1.54, 1.807) is 13.8 Å². The highest BCUT2D eigenvalue weighted by Gasteiger charge is 2.25. The Kier molecular flexibility index (Phi) is 6.08.